The van der Waals surface area contributed by atoms with E-state index in [4.69, 9.17) is 0 Å². The Morgan fingerprint density at radius 1 is 1.24 bits per heavy atom. The van der Waals surface area contributed by atoms with Crippen LogP contribution in [0.15, 0.2) is 17.8 Å². The minimum atomic E-state index is -0.266. The Kier molecular flexibility index (Phi) is 4.19. The quantitative estimate of drug-likeness (QED) is 0.841. The second-order valence-electron chi connectivity index (χ2n) is 7.03. The van der Waals surface area contributed by atoms with Gasteiger partial charge < -0.3 is 9.80 Å². The third kappa shape index (κ3) is 3.01. The highest BCUT2D eigenvalue weighted by molar-refractivity contribution is 7.09. The Morgan fingerprint density at radius 3 is 2.68 bits per heavy atom. The van der Waals surface area contributed by atoms with Crippen LogP contribution < -0.4 is 4.90 Å². The molecule has 4 rings (SSSR count). The lowest BCUT2D eigenvalue weighted by Gasteiger charge is -2.23. The average molecular weight is 357 g/mol. The summed E-state index contributed by atoms with van der Waals surface area (Å²) in [5, 5.41) is 3.11. The van der Waals surface area contributed by atoms with Crippen LogP contribution >= 0.6 is 11.3 Å². The highest BCUT2D eigenvalue weighted by Crippen LogP contribution is 2.41. The van der Waals surface area contributed by atoms with Crippen LogP contribution in [0.5, 0.6) is 0 Å². The van der Waals surface area contributed by atoms with Gasteiger partial charge in [-0.3, -0.25) is 4.79 Å². The number of likely N-dealkylation sites (tertiary alicyclic amines) is 1. The second-order valence-corrected chi connectivity index (χ2v) is 8.09. The Morgan fingerprint density at radius 2 is 2.00 bits per heavy atom. The van der Waals surface area contributed by atoms with E-state index in [0.717, 1.165) is 61.1 Å². The first-order chi connectivity index (χ1) is 12.1. The molecule has 0 radical (unpaired) electrons. The van der Waals surface area contributed by atoms with Gasteiger partial charge in [0.15, 0.2) is 0 Å². The number of carbonyl (C=O) groups excluding carboxylic acids is 1. The van der Waals surface area contributed by atoms with E-state index in [2.05, 4.69) is 32.2 Å². The van der Waals surface area contributed by atoms with Gasteiger partial charge in [0, 0.05) is 37.4 Å². The molecule has 0 bridgehead atoms. The van der Waals surface area contributed by atoms with E-state index in [1.807, 2.05) is 24.2 Å². The van der Waals surface area contributed by atoms with Crippen LogP contribution in [0.1, 0.15) is 36.0 Å². The van der Waals surface area contributed by atoms with Crippen molar-refractivity contribution in [1.29, 1.82) is 0 Å². The highest BCUT2D eigenvalue weighted by atomic mass is 32.1. The zero-order chi connectivity index (χ0) is 17.4. The van der Waals surface area contributed by atoms with Crippen molar-refractivity contribution >= 4 is 23.2 Å². The first-order valence-electron chi connectivity index (χ1n) is 8.86. The fraction of sp³-hybridized carbons (Fsp3) is 0.556. The van der Waals surface area contributed by atoms with Crippen LogP contribution in [0, 0.1) is 12.3 Å². The summed E-state index contributed by atoms with van der Waals surface area (Å²) in [6.07, 6.45) is 6.52. The zero-order valence-corrected chi connectivity index (χ0v) is 15.6. The van der Waals surface area contributed by atoms with Crippen molar-refractivity contribution in [1.82, 2.24) is 19.9 Å². The molecule has 2 saturated heterocycles. The smallest absolute Gasteiger partial charge is 0.231 e. The van der Waals surface area contributed by atoms with Crippen molar-refractivity contribution in [2.45, 2.75) is 39.7 Å². The minimum absolute atomic E-state index is 0.266. The molecule has 1 spiro atoms. The fourth-order valence-electron chi connectivity index (χ4n) is 3.84. The SMILES string of the molecule is CCc1cnc(N2CCC3(CCN(Cc4csc(C)n4)C3=O)C2)nc1. The van der Waals surface area contributed by atoms with Gasteiger partial charge >= 0.3 is 0 Å². The Bertz CT molecular complexity index is 774. The summed E-state index contributed by atoms with van der Waals surface area (Å²) in [6.45, 7) is 7.12. The number of rotatable bonds is 4. The molecule has 4 heterocycles. The van der Waals surface area contributed by atoms with Gasteiger partial charge in [0.05, 0.1) is 22.7 Å². The molecule has 1 atom stereocenters. The number of nitrogens with zero attached hydrogens (tertiary/aromatic N) is 5. The summed E-state index contributed by atoms with van der Waals surface area (Å²) in [6, 6.07) is 0. The van der Waals surface area contributed by atoms with E-state index in [0.29, 0.717) is 6.54 Å². The summed E-state index contributed by atoms with van der Waals surface area (Å²) in [5.74, 6) is 1.02. The number of carbonyl (C=O) groups is 1. The average Bonchev–Trinajstić information content (AvgIpc) is 3.32. The van der Waals surface area contributed by atoms with Gasteiger partial charge in [0.1, 0.15) is 0 Å². The van der Waals surface area contributed by atoms with Gasteiger partial charge in [-0.2, -0.15) is 0 Å². The lowest BCUT2D eigenvalue weighted by atomic mass is 9.85. The third-order valence-electron chi connectivity index (χ3n) is 5.36. The van der Waals surface area contributed by atoms with Crippen LogP contribution in [0.25, 0.3) is 0 Å². The number of aromatic nitrogens is 3. The molecule has 2 fully saturated rings. The highest BCUT2D eigenvalue weighted by Gasteiger charge is 2.51. The van der Waals surface area contributed by atoms with E-state index in [1.165, 1.54) is 0 Å². The fourth-order valence-corrected chi connectivity index (χ4v) is 4.44. The molecule has 0 saturated carbocycles. The number of aryl methyl sites for hydroxylation is 2. The van der Waals surface area contributed by atoms with E-state index in [1.54, 1.807) is 11.3 Å². The van der Waals surface area contributed by atoms with Gasteiger partial charge in [-0.25, -0.2) is 15.0 Å². The number of amides is 1. The van der Waals surface area contributed by atoms with E-state index in [9.17, 15) is 4.79 Å². The molecule has 0 aliphatic carbocycles. The van der Waals surface area contributed by atoms with Gasteiger partial charge in [0.25, 0.3) is 0 Å². The summed E-state index contributed by atoms with van der Waals surface area (Å²) in [7, 11) is 0. The second kappa shape index (κ2) is 6.37. The predicted octanol–water partition coefficient (Wildman–Crippen LogP) is 2.43. The molecule has 2 aromatic rings. The summed E-state index contributed by atoms with van der Waals surface area (Å²) >= 11 is 1.64. The van der Waals surface area contributed by atoms with Gasteiger partial charge in [-0.15, -0.1) is 11.3 Å². The molecular weight excluding hydrogens is 334 g/mol. The van der Waals surface area contributed by atoms with Crippen molar-refractivity contribution in [3.63, 3.8) is 0 Å². The lowest BCUT2D eigenvalue weighted by molar-refractivity contribution is -0.135. The van der Waals surface area contributed by atoms with Crippen molar-refractivity contribution in [2.75, 3.05) is 24.5 Å². The maximum atomic E-state index is 13.1. The Labute approximate surface area is 151 Å². The molecule has 1 amide bonds. The summed E-state index contributed by atoms with van der Waals surface area (Å²) in [5.41, 5.74) is 1.87. The number of hydrogen-bond donors (Lipinski definition) is 0. The van der Waals surface area contributed by atoms with Crippen molar-refractivity contribution in [2.24, 2.45) is 5.41 Å². The molecule has 7 heteroatoms. The largest absolute Gasteiger partial charge is 0.340 e. The molecule has 2 aliphatic heterocycles. The van der Waals surface area contributed by atoms with Crippen LogP contribution in [0.4, 0.5) is 5.95 Å². The van der Waals surface area contributed by atoms with E-state index in [-0.39, 0.29) is 11.3 Å². The third-order valence-corrected chi connectivity index (χ3v) is 6.18. The van der Waals surface area contributed by atoms with E-state index < -0.39 is 0 Å². The minimum Gasteiger partial charge on any atom is -0.340 e. The van der Waals surface area contributed by atoms with Gasteiger partial charge in [0.2, 0.25) is 11.9 Å². The zero-order valence-electron chi connectivity index (χ0n) is 14.7. The first-order valence-corrected chi connectivity index (χ1v) is 9.74. The summed E-state index contributed by atoms with van der Waals surface area (Å²) in [4.78, 5) is 30.6. The molecule has 6 nitrogen and oxygen atoms in total. The maximum absolute atomic E-state index is 13.1. The molecule has 2 aliphatic rings. The van der Waals surface area contributed by atoms with Crippen molar-refractivity contribution in [3.8, 4) is 0 Å². The van der Waals surface area contributed by atoms with E-state index >= 15 is 0 Å². The van der Waals surface area contributed by atoms with Crippen LogP contribution in [-0.4, -0.2) is 45.4 Å². The molecule has 132 valence electrons. The standard InChI is InChI=1S/C18H23N5OS/c1-3-14-8-19-17(20-9-14)23-7-5-18(12-23)4-6-22(16(18)24)10-15-11-25-13(2)21-15/h8-9,11H,3-7,10,12H2,1-2H3. The Hall–Kier alpha value is -2.02. The predicted molar refractivity (Wildman–Crippen MR) is 97.6 cm³/mol. The number of anilines is 1. The lowest BCUT2D eigenvalue weighted by Crippen LogP contribution is -2.37. The van der Waals surface area contributed by atoms with Crippen molar-refractivity contribution in [3.05, 3.63) is 34.0 Å². The normalized spacial score (nSPS) is 23.2. The summed E-state index contributed by atoms with van der Waals surface area (Å²) < 4.78 is 0. The van der Waals surface area contributed by atoms with Crippen molar-refractivity contribution < 1.29 is 4.79 Å². The maximum Gasteiger partial charge on any atom is 0.231 e. The molecule has 0 N–H and O–H groups in total. The monoisotopic (exact) mass is 357 g/mol. The van der Waals surface area contributed by atoms with Gasteiger partial charge in [-0.1, -0.05) is 6.92 Å². The number of hydrogen-bond acceptors (Lipinski definition) is 6. The number of thiazole rings is 1. The molecule has 1 unspecified atom stereocenters. The molecule has 0 aromatic carbocycles. The molecule has 25 heavy (non-hydrogen) atoms. The molecular formula is C18H23N5OS. The van der Waals surface area contributed by atoms with Crippen LogP contribution in [0.2, 0.25) is 0 Å². The van der Waals surface area contributed by atoms with Gasteiger partial charge in [-0.05, 0) is 31.7 Å². The van der Waals surface area contributed by atoms with Crippen LogP contribution in [0.3, 0.4) is 0 Å². The topological polar surface area (TPSA) is 62.2 Å². The Balaban J connectivity index is 1.45. The molecule has 2 aromatic heterocycles. The van der Waals surface area contributed by atoms with Crippen LogP contribution in [-0.2, 0) is 17.8 Å². The first kappa shape index (κ1) is 16.4.